The summed E-state index contributed by atoms with van der Waals surface area (Å²) in [5, 5.41) is 12.1. The highest BCUT2D eigenvalue weighted by atomic mass is 35.5. The molecule has 2 unspecified atom stereocenters. The van der Waals surface area contributed by atoms with E-state index in [1.165, 1.54) is 11.3 Å². The molecule has 2 heterocycles. The molecule has 3 rings (SSSR count). The van der Waals surface area contributed by atoms with Crippen molar-refractivity contribution in [3.8, 4) is 0 Å². The number of carbonyl (C=O) groups excluding carboxylic acids is 1. The van der Waals surface area contributed by atoms with Gasteiger partial charge in [-0.15, -0.1) is 11.3 Å². The van der Waals surface area contributed by atoms with Crippen LogP contribution in [0, 0.1) is 0 Å². The molecular weight excluding hydrogens is 353 g/mol. The van der Waals surface area contributed by atoms with Crippen LogP contribution in [0.2, 0.25) is 5.02 Å². The number of aliphatic hydroxyl groups excluding tert-OH is 1. The fraction of sp³-hybridized carbons (Fsp3) is 0.471. The number of nitrogens with zero attached hydrogens (tertiary/aromatic N) is 1. The highest BCUT2D eigenvalue weighted by Gasteiger charge is 2.34. The first kappa shape index (κ1) is 17.6. The number of ether oxygens (including phenoxy) is 1. The van der Waals surface area contributed by atoms with E-state index in [0.29, 0.717) is 16.4 Å². The van der Waals surface area contributed by atoms with Crippen LogP contribution in [-0.4, -0.2) is 42.3 Å². The Morgan fingerprint density at radius 2 is 2.25 bits per heavy atom. The normalized spacial score (nSPS) is 17.5. The number of aliphatic hydroxyl groups is 1. The van der Waals surface area contributed by atoms with Gasteiger partial charge in [0.25, 0.3) is 0 Å². The number of hydrogen-bond donors (Lipinski definition) is 1. The highest BCUT2D eigenvalue weighted by Crippen LogP contribution is 2.42. The number of alkyl halides is 1. The van der Waals surface area contributed by atoms with Crippen LogP contribution in [-0.2, 0) is 22.5 Å². The Labute approximate surface area is 148 Å². The lowest BCUT2D eigenvalue weighted by molar-refractivity contribution is -0.153. The van der Waals surface area contributed by atoms with Gasteiger partial charge in [-0.05, 0) is 43.7 Å². The van der Waals surface area contributed by atoms with Crippen molar-refractivity contribution in [2.45, 2.75) is 32.2 Å². The molecule has 1 N–H and O–H groups in total. The maximum absolute atomic E-state index is 14.3. The van der Waals surface area contributed by atoms with Crippen LogP contribution in [0.4, 0.5) is 4.39 Å². The third-order valence-corrected chi connectivity index (χ3v) is 5.89. The number of hydrogen-bond acceptors (Lipinski definition) is 5. The smallest absolute Gasteiger partial charge is 0.343 e. The number of halogens is 2. The predicted molar refractivity (Wildman–Crippen MR) is 93.4 cm³/mol. The molecule has 1 aromatic carbocycles. The van der Waals surface area contributed by atoms with Crippen molar-refractivity contribution in [3.05, 3.63) is 33.2 Å². The second kappa shape index (κ2) is 6.96. The summed E-state index contributed by atoms with van der Waals surface area (Å²) in [6.45, 7) is 3.08. The van der Waals surface area contributed by atoms with E-state index in [1.807, 2.05) is 19.2 Å². The first-order chi connectivity index (χ1) is 11.4. The van der Waals surface area contributed by atoms with Gasteiger partial charge in [-0.25, -0.2) is 9.18 Å². The third-order valence-electron chi connectivity index (χ3n) is 4.27. The van der Waals surface area contributed by atoms with Gasteiger partial charge in [0.2, 0.25) is 6.17 Å². The Bertz CT molecular complexity index is 779. The average Bonchev–Trinajstić information content (AvgIpc) is 2.81. The topological polar surface area (TPSA) is 49.8 Å². The van der Waals surface area contributed by atoms with Gasteiger partial charge in [0.15, 0.2) is 0 Å². The van der Waals surface area contributed by atoms with E-state index in [9.17, 15) is 14.3 Å². The van der Waals surface area contributed by atoms with Crippen LogP contribution < -0.4 is 0 Å². The molecule has 1 aromatic heterocycles. The Morgan fingerprint density at radius 3 is 2.96 bits per heavy atom. The summed E-state index contributed by atoms with van der Waals surface area (Å²) in [6.07, 6.45) is -2.83. The van der Waals surface area contributed by atoms with Gasteiger partial charge in [-0.1, -0.05) is 11.6 Å². The summed E-state index contributed by atoms with van der Waals surface area (Å²) in [7, 11) is 1.97. The second-order valence-corrected chi connectivity index (χ2v) is 7.42. The molecule has 0 saturated heterocycles. The highest BCUT2D eigenvalue weighted by molar-refractivity contribution is 7.19. The molecule has 4 nitrogen and oxygen atoms in total. The zero-order valence-corrected chi connectivity index (χ0v) is 15.1. The number of thiophene rings is 1. The molecular formula is C17H19ClFNO3S. The molecule has 0 amide bonds. The predicted octanol–water partition coefficient (Wildman–Crippen LogP) is 3.48. The van der Waals surface area contributed by atoms with Crippen LogP contribution in [0.3, 0.4) is 0 Å². The van der Waals surface area contributed by atoms with E-state index in [0.717, 1.165) is 34.2 Å². The summed E-state index contributed by atoms with van der Waals surface area (Å²) < 4.78 is 20.0. The molecule has 0 saturated carbocycles. The molecule has 1 aliphatic heterocycles. The van der Waals surface area contributed by atoms with Crippen LogP contribution in [0.5, 0.6) is 0 Å². The van der Waals surface area contributed by atoms with Gasteiger partial charge in [0.1, 0.15) is 6.10 Å². The Hall–Kier alpha value is -1.21. The molecule has 2 aromatic rings. The Kier molecular flexibility index (Phi) is 5.11. The van der Waals surface area contributed by atoms with Crippen molar-refractivity contribution in [3.63, 3.8) is 0 Å². The first-order valence-corrected chi connectivity index (χ1v) is 9.03. The number of rotatable bonds is 4. The monoisotopic (exact) mass is 371 g/mol. The molecule has 0 spiro atoms. The van der Waals surface area contributed by atoms with Gasteiger partial charge < -0.3 is 14.7 Å². The van der Waals surface area contributed by atoms with E-state index in [-0.39, 0.29) is 6.61 Å². The van der Waals surface area contributed by atoms with E-state index in [2.05, 4.69) is 4.90 Å². The average molecular weight is 372 g/mol. The molecule has 7 heteroatoms. The lowest BCUT2D eigenvalue weighted by atomic mass is 10.0. The zero-order chi connectivity index (χ0) is 17.4. The van der Waals surface area contributed by atoms with Crippen LogP contribution in [0.1, 0.15) is 29.0 Å². The molecule has 0 aliphatic carbocycles. The van der Waals surface area contributed by atoms with Gasteiger partial charge in [-0.2, -0.15) is 0 Å². The summed E-state index contributed by atoms with van der Waals surface area (Å²) in [5.41, 5.74) is 1.88. The zero-order valence-electron chi connectivity index (χ0n) is 13.5. The summed E-state index contributed by atoms with van der Waals surface area (Å²) in [6, 6.07) is 3.72. The van der Waals surface area contributed by atoms with E-state index < -0.39 is 18.2 Å². The van der Waals surface area contributed by atoms with Gasteiger partial charge >= 0.3 is 5.97 Å². The quantitative estimate of drug-likeness (QED) is 0.836. The SMILES string of the molecule is CCOC(=O)C(F)C(O)c1sc2ccc(Cl)c3c2c1CN(C)CC3. The molecule has 1 aliphatic rings. The largest absolute Gasteiger partial charge is 0.464 e. The van der Waals surface area contributed by atoms with Gasteiger partial charge in [0, 0.05) is 33.1 Å². The summed E-state index contributed by atoms with van der Waals surface area (Å²) >= 11 is 7.66. The fourth-order valence-corrected chi connectivity index (χ4v) is 4.60. The van der Waals surface area contributed by atoms with E-state index >= 15 is 0 Å². The van der Waals surface area contributed by atoms with Crippen molar-refractivity contribution in [2.75, 3.05) is 20.2 Å². The maximum Gasteiger partial charge on any atom is 0.343 e. The van der Waals surface area contributed by atoms with Crippen LogP contribution in [0.25, 0.3) is 10.1 Å². The molecule has 24 heavy (non-hydrogen) atoms. The lowest BCUT2D eigenvalue weighted by Gasteiger charge is -2.18. The summed E-state index contributed by atoms with van der Waals surface area (Å²) in [4.78, 5) is 14.2. The number of carbonyl (C=O) groups is 1. The Balaban J connectivity index is 2.10. The van der Waals surface area contributed by atoms with Gasteiger partial charge in [0.05, 0.1) is 6.61 Å². The number of benzene rings is 1. The minimum absolute atomic E-state index is 0.0771. The van der Waals surface area contributed by atoms with Gasteiger partial charge in [-0.3, -0.25) is 0 Å². The van der Waals surface area contributed by atoms with Crippen molar-refractivity contribution < 1.29 is 19.0 Å². The minimum Gasteiger partial charge on any atom is -0.464 e. The summed E-state index contributed by atoms with van der Waals surface area (Å²) in [5.74, 6) is -1.03. The van der Waals surface area contributed by atoms with Crippen molar-refractivity contribution >= 4 is 39.0 Å². The first-order valence-electron chi connectivity index (χ1n) is 7.84. The maximum atomic E-state index is 14.3. The number of esters is 1. The minimum atomic E-state index is -2.10. The van der Waals surface area contributed by atoms with Crippen molar-refractivity contribution in [2.24, 2.45) is 0 Å². The van der Waals surface area contributed by atoms with E-state index in [4.69, 9.17) is 16.3 Å². The Morgan fingerprint density at radius 1 is 1.50 bits per heavy atom. The van der Waals surface area contributed by atoms with Crippen molar-refractivity contribution in [1.29, 1.82) is 0 Å². The second-order valence-electron chi connectivity index (χ2n) is 5.93. The van der Waals surface area contributed by atoms with Crippen LogP contribution in [0.15, 0.2) is 12.1 Å². The standard InChI is InChI=1S/C17H19ClFNO3S/c1-3-23-17(22)14(19)15(21)16-10-8-20(2)7-6-9-11(18)4-5-12(24-16)13(9)10/h4-5,14-15,21H,3,6-8H2,1-2H3. The van der Waals surface area contributed by atoms with E-state index in [1.54, 1.807) is 6.92 Å². The lowest BCUT2D eigenvalue weighted by Crippen LogP contribution is -2.26. The molecule has 0 bridgehead atoms. The number of likely N-dealkylation sites (N-methyl/N-ethyl adjacent to an activating group) is 1. The third kappa shape index (κ3) is 3.04. The van der Waals surface area contributed by atoms with Crippen molar-refractivity contribution in [1.82, 2.24) is 4.90 Å². The molecule has 130 valence electrons. The van der Waals surface area contributed by atoms with Crippen LogP contribution >= 0.6 is 22.9 Å². The molecule has 2 atom stereocenters. The molecule has 0 fully saturated rings. The molecule has 0 radical (unpaired) electrons. The fourth-order valence-electron chi connectivity index (χ4n) is 3.10.